The molecule has 0 aliphatic heterocycles. The number of esters is 4. The number of carbonyl (C=O) groups is 4. The lowest BCUT2D eigenvalue weighted by molar-refractivity contribution is -0.161. The molecule has 0 aliphatic rings. The van der Waals surface area contributed by atoms with Crippen LogP contribution in [0.4, 0.5) is 0 Å². The van der Waals surface area contributed by atoms with E-state index in [9.17, 15) is 43.2 Å². The maximum Gasteiger partial charge on any atom is 0.472 e. The molecule has 0 fully saturated rings. The summed E-state index contributed by atoms with van der Waals surface area (Å²) in [6.45, 7) is 12.0. The van der Waals surface area contributed by atoms with Crippen LogP contribution in [0.1, 0.15) is 402 Å². The Kier molecular flexibility index (Phi) is 67.1. The third-order valence-corrected chi connectivity index (χ3v) is 20.4. The number of hydrogen-bond acceptors (Lipinski definition) is 15. The fourth-order valence-corrected chi connectivity index (χ4v) is 13.5. The highest BCUT2D eigenvalue weighted by Gasteiger charge is 2.30. The quantitative estimate of drug-likeness (QED) is 0.0222. The first kappa shape index (κ1) is 95.1. The van der Waals surface area contributed by atoms with Crippen molar-refractivity contribution in [3.63, 3.8) is 0 Å². The van der Waals surface area contributed by atoms with E-state index in [4.69, 9.17) is 37.0 Å². The average molecular weight is 1420 g/mol. The molecule has 19 heteroatoms. The van der Waals surface area contributed by atoms with Crippen LogP contribution in [0.5, 0.6) is 0 Å². The van der Waals surface area contributed by atoms with Gasteiger partial charge in [-0.15, -0.1) is 0 Å². The SMILES string of the molecule is CCCCCCCCCCCCCC(=O)OC[C@H](COP(=O)(O)OC[C@H](O)COP(=O)(O)OC[C@@H](COC(=O)CCCCCCCCCCCCCCCC(C)C)OC(=O)CCCCCCCCCCCCCCCC(C)C)OC(=O)CCCCCCCCCCCCC(C)CC. The Labute approximate surface area is 594 Å². The second kappa shape index (κ2) is 68.5. The summed E-state index contributed by atoms with van der Waals surface area (Å²) in [5, 5.41) is 10.6. The molecule has 0 spiro atoms. The molecule has 97 heavy (non-hydrogen) atoms. The molecule has 0 aromatic rings. The van der Waals surface area contributed by atoms with Crippen molar-refractivity contribution in [1.29, 1.82) is 0 Å². The molecule has 0 bridgehead atoms. The van der Waals surface area contributed by atoms with Crippen molar-refractivity contribution in [2.24, 2.45) is 17.8 Å². The van der Waals surface area contributed by atoms with Gasteiger partial charge in [0.2, 0.25) is 0 Å². The van der Waals surface area contributed by atoms with Crippen molar-refractivity contribution in [2.45, 2.75) is 420 Å². The summed E-state index contributed by atoms with van der Waals surface area (Å²) in [7, 11) is -9.92. The zero-order chi connectivity index (χ0) is 71.6. The molecular weight excluding hydrogens is 1270 g/mol. The Morgan fingerprint density at radius 1 is 0.299 bits per heavy atom. The van der Waals surface area contributed by atoms with Crippen molar-refractivity contribution >= 4 is 39.5 Å². The summed E-state index contributed by atoms with van der Waals surface area (Å²) >= 11 is 0. The van der Waals surface area contributed by atoms with Crippen molar-refractivity contribution in [2.75, 3.05) is 39.6 Å². The van der Waals surface area contributed by atoms with Gasteiger partial charge in [-0.2, -0.15) is 0 Å². The fourth-order valence-electron chi connectivity index (χ4n) is 11.9. The number of aliphatic hydroxyl groups is 1. The van der Waals surface area contributed by atoms with Crippen LogP contribution < -0.4 is 0 Å². The number of hydrogen-bond donors (Lipinski definition) is 3. The first-order valence-electron chi connectivity index (χ1n) is 40.4. The highest BCUT2D eigenvalue weighted by Crippen LogP contribution is 2.45. The summed E-state index contributed by atoms with van der Waals surface area (Å²) < 4.78 is 68.6. The number of ether oxygens (including phenoxy) is 4. The maximum absolute atomic E-state index is 13.1. The fraction of sp³-hybridized carbons (Fsp3) is 0.949. The average Bonchev–Trinajstić information content (AvgIpc) is 2.25. The summed E-state index contributed by atoms with van der Waals surface area (Å²) in [6.07, 6.45) is 55.3. The molecule has 0 aromatic carbocycles. The van der Waals surface area contributed by atoms with Crippen LogP contribution in [-0.4, -0.2) is 96.7 Å². The number of rotatable bonds is 76. The molecule has 576 valence electrons. The van der Waals surface area contributed by atoms with Gasteiger partial charge >= 0.3 is 39.5 Å². The number of phosphoric ester groups is 2. The molecule has 0 heterocycles. The topological polar surface area (TPSA) is 237 Å². The molecule has 0 saturated heterocycles. The Hall–Kier alpha value is -1.94. The lowest BCUT2D eigenvalue weighted by atomic mass is 9.99. The molecule has 0 aromatic heterocycles. The Balaban J connectivity index is 5.27. The van der Waals surface area contributed by atoms with Gasteiger partial charge < -0.3 is 33.8 Å². The minimum atomic E-state index is -4.96. The third kappa shape index (κ3) is 70.9. The van der Waals surface area contributed by atoms with Gasteiger partial charge in [0.1, 0.15) is 19.3 Å². The lowest BCUT2D eigenvalue weighted by Crippen LogP contribution is -2.30. The standard InChI is InChI=1S/C78H152O17P2/c1-8-10-11-12-13-14-21-31-38-45-52-59-75(80)88-65-74(95-78(83)62-55-48-41-34-27-26-30-37-44-51-58-71(7)9-2)68-93-97(86,87)91-64-72(79)63-90-96(84,85)92-67-73(94-77(82)61-54-47-40-33-25-20-16-18-23-29-36-43-50-57-70(5)6)66-89-76(81)60-53-46-39-32-24-19-15-17-22-28-35-42-49-56-69(3)4/h69-74,79H,8-68H2,1-7H3,(H,84,85)(H,86,87)/t71?,72-,73-,74-/m1/s1. The van der Waals surface area contributed by atoms with Crippen LogP contribution in [0.2, 0.25) is 0 Å². The van der Waals surface area contributed by atoms with Crippen LogP contribution >= 0.6 is 15.6 Å². The molecule has 0 saturated carbocycles. The Bertz CT molecular complexity index is 1890. The summed E-state index contributed by atoms with van der Waals surface area (Å²) in [6, 6.07) is 0. The first-order chi connectivity index (χ1) is 46.8. The van der Waals surface area contributed by atoms with Gasteiger partial charge in [0.25, 0.3) is 0 Å². The first-order valence-corrected chi connectivity index (χ1v) is 43.4. The van der Waals surface area contributed by atoms with Gasteiger partial charge in [-0.1, -0.05) is 350 Å². The second-order valence-corrected chi connectivity index (χ2v) is 32.2. The van der Waals surface area contributed by atoms with Gasteiger partial charge in [0.15, 0.2) is 12.2 Å². The predicted molar refractivity (Wildman–Crippen MR) is 395 cm³/mol. The molecule has 17 nitrogen and oxygen atoms in total. The molecule has 3 unspecified atom stereocenters. The third-order valence-electron chi connectivity index (χ3n) is 18.5. The van der Waals surface area contributed by atoms with Gasteiger partial charge in [0.05, 0.1) is 26.4 Å². The predicted octanol–water partition coefficient (Wildman–Crippen LogP) is 23.0. The summed E-state index contributed by atoms with van der Waals surface area (Å²) in [5.41, 5.74) is 0. The lowest BCUT2D eigenvalue weighted by Gasteiger charge is -2.21. The van der Waals surface area contributed by atoms with Crippen molar-refractivity contribution in [1.82, 2.24) is 0 Å². The van der Waals surface area contributed by atoms with E-state index in [1.165, 1.54) is 212 Å². The van der Waals surface area contributed by atoms with Crippen LogP contribution in [0, 0.1) is 17.8 Å². The maximum atomic E-state index is 13.1. The van der Waals surface area contributed by atoms with Crippen LogP contribution in [0.3, 0.4) is 0 Å². The van der Waals surface area contributed by atoms with Crippen molar-refractivity contribution < 1.29 is 80.2 Å². The highest BCUT2D eigenvalue weighted by molar-refractivity contribution is 7.47. The van der Waals surface area contributed by atoms with E-state index in [2.05, 4.69) is 48.5 Å². The summed E-state index contributed by atoms with van der Waals surface area (Å²) in [5.74, 6) is 0.267. The van der Waals surface area contributed by atoms with Gasteiger partial charge in [0, 0.05) is 25.7 Å². The van der Waals surface area contributed by atoms with E-state index in [-0.39, 0.29) is 25.7 Å². The Morgan fingerprint density at radius 2 is 0.526 bits per heavy atom. The number of carbonyl (C=O) groups excluding carboxylic acids is 4. The van der Waals surface area contributed by atoms with Crippen LogP contribution in [0.15, 0.2) is 0 Å². The second-order valence-electron chi connectivity index (χ2n) is 29.3. The monoisotopic (exact) mass is 1420 g/mol. The van der Waals surface area contributed by atoms with Gasteiger partial charge in [-0.05, 0) is 43.4 Å². The zero-order valence-corrected chi connectivity index (χ0v) is 65.3. The van der Waals surface area contributed by atoms with Gasteiger partial charge in [-0.25, -0.2) is 9.13 Å². The Morgan fingerprint density at radius 3 is 0.784 bits per heavy atom. The molecule has 0 aliphatic carbocycles. The minimum absolute atomic E-state index is 0.106. The molecule has 0 rings (SSSR count). The minimum Gasteiger partial charge on any atom is -0.462 e. The van der Waals surface area contributed by atoms with E-state index in [0.29, 0.717) is 25.7 Å². The molecule has 3 N–H and O–H groups in total. The van der Waals surface area contributed by atoms with Crippen molar-refractivity contribution in [3.8, 4) is 0 Å². The smallest absolute Gasteiger partial charge is 0.462 e. The number of unbranched alkanes of at least 4 members (excludes halogenated alkanes) is 43. The molecule has 0 amide bonds. The highest BCUT2D eigenvalue weighted by atomic mass is 31.2. The van der Waals surface area contributed by atoms with Crippen LogP contribution in [0.25, 0.3) is 0 Å². The normalized spacial score (nSPS) is 14.3. The van der Waals surface area contributed by atoms with E-state index >= 15 is 0 Å². The largest absolute Gasteiger partial charge is 0.472 e. The summed E-state index contributed by atoms with van der Waals surface area (Å²) in [4.78, 5) is 72.9. The van der Waals surface area contributed by atoms with Gasteiger partial charge in [-0.3, -0.25) is 37.3 Å². The molecule has 0 radical (unpaired) electrons. The van der Waals surface area contributed by atoms with E-state index < -0.39 is 97.5 Å². The molecule has 6 atom stereocenters. The number of phosphoric acid groups is 2. The zero-order valence-electron chi connectivity index (χ0n) is 63.5. The van der Waals surface area contributed by atoms with E-state index in [0.717, 1.165) is 108 Å². The van der Waals surface area contributed by atoms with E-state index in [1.807, 2.05) is 0 Å². The van der Waals surface area contributed by atoms with Crippen LogP contribution in [-0.2, 0) is 65.4 Å². The van der Waals surface area contributed by atoms with Crippen molar-refractivity contribution in [3.05, 3.63) is 0 Å². The molecular formula is C78H152O17P2. The van der Waals surface area contributed by atoms with E-state index in [1.54, 1.807) is 0 Å². The number of aliphatic hydroxyl groups excluding tert-OH is 1.